The lowest BCUT2D eigenvalue weighted by Gasteiger charge is -2.08. The molecule has 0 heterocycles. The molecule has 2 amide bonds. The normalized spacial score (nSPS) is 20.0. The van der Waals surface area contributed by atoms with E-state index in [0.29, 0.717) is 18.3 Å². The Kier molecular flexibility index (Phi) is 5.79. The van der Waals surface area contributed by atoms with Gasteiger partial charge < -0.3 is 15.4 Å². The van der Waals surface area contributed by atoms with Gasteiger partial charge in [0.1, 0.15) is 11.6 Å². The number of hydrogen-bond donors (Lipinski definition) is 2. The molecular weight excluding hydrogens is 371 g/mol. The summed E-state index contributed by atoms with van der Waals surface area (Å²) >= 11 is 0. The molecule has 0 spiro atoms. The summed E-state index contributed by atoms with van der Waals surface area (Å²) < 4.78 is 18.5. The minimum absolute atomic E-state index is 0.0157. The summed E-state index contributed by atoms with van der Waals surface area (Å²) in [6, 6.07) is 14.3. The Morgan fingerprint density at radius 3 is 2.45 bits per heavy atom. The Morgan fingerprint density at radius 2 is 1.76 bits per heavy atom. The molecule has 0 bridgehead atoms. The lowest BCUT2D eigenvalue weighted by atomic mass is 10.1. The lowest BCUT2D eigenvalue weighted by Crippen LogP contribution is -2.30. The van der Waals surface area contributed by atoms with E-state index in [1.165, 1.54) is 12.1 Å². The van der Waals surface area contributed by atoms with E-state index in [4.69, 9.17) is 4.74 Å². The Balaban J connectivity index is 1.15. The van der Waals surface area contributed by atoms with Crippen LogP contribution in [0.4, 0.5) is 4.39 Å². The van der Waals surface area contributed by atoms with Crippen LogP contribution in [0.5, 0.6) is 5.75 Å². The molecule has 0 aliphatic heterocycles. The van der Waals surface area contributed by atoms with Gasteiger partial charge in [-0.2, -0.15) is 0 Å². The van der Waals surface area contributed by atoms with Gasteiger partial charge in [-0.25, -0.2) is 4.39 Å². The average Bonchev–Trinajstić information content (AvgIpc) is 3.63. The van der Waals surface area contributed by atoms with Crippen molar-refractivity contribution in [3.63, 3.8) is 0 Å². The predicted molar refractivity (Wildman–Crippen MR) is 107 cm³/mol. The quantitative estimate of drug-likeness (QED) is 0.685. The lowest BCUT2D eigenvalue weighted by molar-refractivity contribution is -0.123. The van der Waals surface area contributed by atoms with E-state index < -0.39 is 0 Å². The van der Waals surface area contributed by atoms with E-state index >= 15 is 0 Å². The Hall–Kier alpha value is -2.89. The van der Waals surface area contributed by atoms with Crippen molar-refractivity contribution in [2.24, 2.45) is 5.92 Å². The van der Waals surface area contributed by atoms with Gasteiger partial charge in [0, 0.05) is 18.5 Å². The average molecular weight is 396 g/mol. The number of halogens is 1. The molecule has 2 N–H and O–H groups in total. The number of amides is 2. The van der Waals surface area contributed by atoms with Crippen LogP contribution in [0, 0.1) is 11.7 Å². The van der Waals surface area contributed by atoms with E-state index in [1.807, 2.05) is 24.3 Å². The number of carbonyl (C=O) groups excluding carboxylic acids is 2. The molecule has 2 aliphatic carbocycles. The van der Waals surface area contributed by atoms with Crippen LogP contribution in [0.1, 0.15) is 36.3 Å². The molecule has 2 aliphatic rings. The Labute approximate surface area is 169 Å². The van der Waals surface area contributed by atoms with Gasteiger partial charge in [-0.1, -0.05) is 24.3 Å². The van der Waals surface area contributed by atoms with Gasteiger partial charge >= 0.3 is 0 Å². The number of carbonyl (C=O) groups is 2. The highest BCUT2D eigenvalue weighted by Gasteiger charge is 2.43. The van der Waals surface area contributed by atoms with Gasteiger partial charge in [-0.05, 0) is 67.0 Å². The fourth-order valence-corrected chi connectivity index (χ4v) is 3.42. The smallest absolute Gasteiger partial charge is 0.258 e. The fraction of sp³-hybridized carbons (Fsp3) is 0.391. The Bertz CT molecular complexity index is 863. The van der Waals surface area contributed by atoms with Crippen LogP contribution in [0.25, 0.3) is 0 Å². The molecular formula is C23H25FN2O3. The van der Waals surface area contributed by atoms with Crippen molar-refractivity contribution in [2.45, 2.75) is 37.6 Å². The van der Waals surface area contributed by atoms with E-state index in [2.05, 4.69) is 10.6 Å². The maximum atomic E-state index is 13.0. The van der Waals surface area contributed by atoms with E-state index in [9.17, 15) is 14.0 Å². The number of hydrogen-bond acceptors (Lipinski definition) is 3. The third-order valence-electron chi connectivity index (χ3n) is 5.37. The van der Waals surface area contributed by atoms with Crippen molar-refractivity contribution < 1.29 is 18.7 Å². The molecule has 2 aromatic carbocycles. The van der Waals surface area contributed by atoms with Gasteiger partial charge in [0.15, 0.2) is 6.61 Å². The number of nitrogens with one attached hydrogen (secondary N) is 2. The topological polar surface area (TPSA) is 67.4 Å². The largest absolute Gasteiger partial charge is 0.484 e. The first-order chi connectivity index (χ1) is 14.1. The zero-order chi connectivity index (χ0) is 20.2. The zero-order valence-electron chi connectivity index (χ0n) is 16.2. The molecule has 4 rings (SSSR count). The standard InChI is InChI=1S/C23H25FN2O3/c24-17-5-3-16(4-6-17)20-13-21(20)23(28)25-12-11-15-1-9-19(10-2-15)29-14-22(27)26-18-7-8-18/h1-6,9-10,18,20-21H,7-8,11-14H2,(H,25,28)(H,26,27). The first kappa shape index (κ1) is 19.4. The predicted octanol–water partition coefficient (Wildman–Crippen LogP) is 2.95. The van der Waals surface area contributed by atoms with Crippen molar-refractivity contribution >= 4 is 11.8 Å². The first-order valence-electron chi connectivity index (χ1n) is 10.1. The molecule has 2 fully saturated rings. The molecule has 2 atom stereocenters. The number of rotatable bonds is 9. The summed E-state index contributed by atoms with van der Waals surface area (Å²) in [5.74, 6) is 0.554. The molecule has 6 heteroatoms. The van der Waals surface area contributed by atoms with Gasteiger partial charge in [0.05, 0.1) is 0 Å². The number of benzene rings is 2. The van der Waals surface area contributed by atoms with Crippen molar-refractivity contribution in [1.82, 2.24) is 10.6 Å². The van der Waals surface area contributed by atoms with Gasteiger partial charge in [0.2, 0.25) is 5.91 Å². The molecule has 0 aromatic heterocycles. The molecule has 2 saturated carbocycles. The maximum absolute atomic E-state index is 13.0. The van der Waals surface area contributed by atoms with Crippen molar-refractivity contribution in [1.29, 1.82) is 0 Å². The minimum Gasteiger partial charge on any atom is -0.484 e. The minimum atomic E-state index is -0.256. The van der Waals surface area contributed by atoms with E-state index in [0.717, 1.165) is 36.8 Å². The maximum Gasteiger partial charge on any atom is 0.258 e. The number of ether oxygens (including phenoxy) is 1. The molecule has 152 valence electrons. The van der Waals surface area contributed by atoms with Crippen molar-refractivity contribution in [3.05, 3.63) is 65.5 Å². The summed E-state index contributed by atoms with van der Waals surface area (Å²) in [7, 11) is 0. The first-order valence-corrected chi connectivity index (χ1v) is 10.1. The molecule has 0 saturated heterocycles. The summed E-state index contributed by atoms with van der Waals surface area (Å²) in [6.45, 7) is 0.595. The molecule has 29 heavy (non-hydrogen) atoms. The second-order valence-corrected chi connectivity index (χ2v) is 7.82. The highest BCUT2D eigenvalue weighted by atomic mass is 19.1. The third-order valence-corrected chi connectivity index (χ3v) is 5.37. The van der Waals surface area contributed by atoms with Gasteiger partial charge in [-0.15, -0.1) is 0 Å². The fourth-order valence-electron chi connectivity index (χ4n) is 3.42. The van der Waals surface area contributed by atoms with Gasteiger partial charge in [-0.3, -0.25) is 9.59 Å². The SMILES string of the molecule is O=C(COc1ccc(CCNC(=O)C2CC2c2ccc(F)cc2)cc1)NC1CC1. The second-order valence-electron chi connectivity index (χ2n) is 7.82. The van der Waals surface area contributed by atoms with Gasteiger partial charge in [0.25, 0.3) is 5.91 Å². The van der Waals surface area contributed by atoms with Crippen LogP contribution in [-0.4, -0.2) is 31.0 Å². The summed E-state index contributed by atoms with van der Waals surface area (Å²) in [5, 5.41) is 5.87. The molecule has 2 unspecified atom stereocenters. The zero-order valence-corrected chi connectivity index (χ0v) is 16.2. The van der Waals surface area contributed by atoms with Crippen LogP contribution >= 0.6 is 0 Å². The summed E-state index contributed by atoms with van der Waals surface area (Å²) in [5.41, 5.74) is 2.11. The van der Waals surface area contributed by atoms with Crippen LogP contribution < -0.4 is 15.4 Å². The van der Waals surface area contributed by atoms with Crippen molar-refractivity contribution in [3.8, 4) is 5.75 Å². The van der Waals surface area contributed by atoms with Crippen LogP contribution in [0.15, 0.2) is 48.5 Å². The Morgan fingerprint density at radius 1 is 1.03 bits per heavy atom. The monoisotopic (exact) mass is 396 g/mol. The highest BCUT2D eigenvalue weighted by Crippen LogP contribution is 2.47. The van der Waals surface area contributed by atoms with Crippen LogP contribution in [-0.2, 0) is 16.0 Å². The molecule has 2 aromatic rings. The van der Waals surface area contributed by atoms with Crippen LogP contribution in [0.2, 0.25) is 0 Å². The van der Waals surface area contributed by atoms with Crippen molar-refractivity contribution in [2.75, 3.05) is 13.2 Å². The van der Waals surface area contributed by atoms with E-state index in [-0.39, 0.29) is 36.1 Å². The third kappa shape index (κ3) is 5.56. The molecule has 0 radical (unpaired) electrons. The summed E-state index contributed by atoms with van der Waals surface area (Å²) in [4.78, 5) is 23.9. The van der Waals surface area contributed by atoms with Crippen LogP contribution in [0.3, 0.4) is 0 Å². The summed E-state index contributed by atoms with van der Waals surface area (Å²) in [6.07, 6.45) is 3.66. The van der Waals surface area contributed by atoms with E-state index in [1.54, 1.807) is 12.1 Å². The highest BCUT2D eigenvalue weighted by molar-refractivity contribution is 5.82. The molecule has 5 nitrogen and oxygen atoms in total. The second kappa shape index (κ2) is 8.64.